The molecule has 1 unspecified atom stereocenters. The Morgan fingerprint density at radius 2 is 1.76 bits per heavy atom. The molecule has 0 aromatic heterocycles. The molecule has 0 aromatic carbocycles. The van der Waals surface area contributed by atoms with Crippen molar-refractivity contribution in [3.05, 3.63) is 0 Å². The van der Waals surface area contributed by atoms with E-state index in [1.165, 1.54) is 0 Å². The molecule has 17 heavy (non-hydrogen) atoms. The first kappa shape index (κ1) is 16.6. The van der Waals surface area contributed by atoms with Crippen molar-refractivity contribution in [2.45, 2.75) is 32.4 Å². The zero-order chi connectivity index (χ0) is 13.5. The molecule has 0 aliphatic rings. The maximum atomic E-state index is 12.4. The average molecular weight is 263 g/mol. The van der Waals surface area contributed by atoms with Gasteiger partial charge in [0.25, 0.3) is 0 Å². The number of ether oxygens (including phenoxy) is 1. The predicted octanol–water partition coefficient (Wildman–Crippen LogP) is 2.84. The predicted molar refractivity (Wildman–Crippen MR) is 54.1 cm³/mol. The Morgan fingerprint density at radius 1 is 1.18 bits per heavy atom. The summed E-state index contributed by atoms with van der Waals surface area (Å²) in [5, 5.41) is 3.02. The Hall–Kier alpha value is -0.430. The van der Waals surface area contributed by atoms with Gasteiger partial charge in [-0.25, -0.2) is 0 Å². The summed E-state index contributed by atoms with van der Waals surface area (Å²) in [7, 11) is 0. The SMILES string of the molecule is CCCNCC(C)COCC(F)(F)C(F)(F)F. The first-order chi connectivity index (χ1) is 7.70. The maximum absolute atomic E-state index is 12.4. The molecule has 104 valence electrons. The van der Waals surface area contributed by atoms with Crippen molar-refractivity contribution in [2.75, 3.05) is 26.3 Å². The average Bonchev–Trinajstić information content (AvgIpc) is 2.16. The summed E-state index contributed by atoms with van der Waals surface area (Å²) in [5.74, 6) is -4.88. The van der Waals surface area contributed by atoms with Crippen molar-refractivity contribution in [2.24, 2.45) is 5.92 Å². The lowest BCUT2D eigenvalue weighted by Gasteiger charge is -2.20. The number of rotatable bonds is 8. The summed E-state index contributed by atoms with van der Waals surface area (Å²) >= 11 is 0. The lowest BCUT2D eigenvalue weighted by molar-refractivity contribution is -0.297. The summed E-state index contributed by atoms with van der Waals surface area (Å²) in [6.45, 7) is 3.26. The van der Waals surface area contributed by atoms with Gasteiger partial charge >= 0.3 is 12.1 Å². The summed E-state index contributed by atoms with van der Waals surface area (Å²) < 4.78 is 64.5. The second kappa shape index (κ2) is 7.10. The molecule has 0 saturated carbocycles. The number of halogens is 5. The van der Waals surface area contributed by atoms with E-state index in [1.54, 1.807) is 6.92 Å². The third-order valence-corrected chi connectivity index (χ3v) is 2.02. The molecule has 0 saturated heterocycles. The van der Waals surface area contributed by atoms with E-state index in [9.17, 15) is 22.0 Å². The largest absolute Gasteiger partial charge is 0.455 e. The fourth-order valence-electron chi connectivity index (χ4n) is 1.05. The topological polar surface area (TPSA) is 21.3 Å². The van der Waals surface area contributed by atoms with Gasteiger partial charge in [-0.3, -0.25) is 0 Å². The third kappa shape index (κ3) is 6.78. The minimum absolute atomic E-state index is 0.106. The molecule has 1 N–H and O–H groups in total. The fourth-order valence-corrected chi connectivity index (χ4v) is 1.05. The molecule has 0 heterocycles. The molecular weight excluding hydrogens is 245 g/mol. The van der Waals surface area contributed by atoms with E-state index in [2.05, 4.69) is 10.1 Å². The van der Waals surface area contributed by atoms with Crippen molar-refractivity contribution >= 4 is 0 Å². The Bertz CT molecular complexity index is 207. The van der Waals surface area contributed by atoms with Crippen LogP contribution in [0.25, 0.3) is 0 Å². The van der Waals surface area contributed by atoms with Crippen molar-refractivity contribution in [3.8, 4) is 0 Å². The van der Waals surface area contributed by atoms with E-state index < -0.39 is 18.7 Å². The lowest BCUT2D eigenvalue weighted by Crippen LogP contribution is -2.41. The molecule has 0 spiro atoms. The maximum Gasteiger partial charge on any atom is 0.455 e. The van der Waals surface area contributed by atoms with Crippen molar-refractivity contribution in [1.29, 1.82) is 0 Å². The van der Waals surface area contributed by atoms with Gasteiger partial charge in [0.1, 0.15) is 6.61 Å². The quantitative estimate of drug-likeness (QED) is 0.537. The number of nitrogens with one attached hydrogen (secondary N) is 1. The summed E-state index contributed by atoms with van der Waals surface area (Å²) in [5.41, 5.74) is 0. The zero-order valence-corrected chi connectivity index (χ0v) is 9.91. The van der Waals surface area contributed by atoms with Crippen LogP contribution in [0.15, 0.2) is 0 Å². The molecule has 0 radical (unpaired) electrons. The van der Waals surface area contributed by atoms with Gasteiger partial charge in [0.15, 0.2) is 0 Å². The molecule has 0 aliphatic carbocycles. The van der Waals surface area contributed by atoms with Gasteiger partial charge in [0.2, 0.25) is 0 Å². The van der Waals surface area contributed by atoms with Gasteiger partial charge in [-0.05, 0) is 25.4 Å². The van der Waals surface area contributed by atoms with Crippen molar-refractivity contribution in [1.82, 2.24) is 5.32 Å². The normalized spacial score (nSPS) is 15.0. The summed E-state index contributed by atoms with van der Waals surface area (Å²) in [6.07, 6.45) is -4.61. The molecule has 1 atom stereocenters. The number of alkyl halides is 5. The van der Waals surface area contributed by atoms with Crippen LogP contribution >= 0.6 is 0 Å². The van der Waals surface area contributed by atoms with Gasteiger partial charge in [0, 0.05) is 0 Å². The van der Waals surface area contributed by atoms with Gasteiger partial charge in [-0.2, -0.15) is 22.0 Å². The standard InChI is InChI=1S/C10H18F5NO/c1-3-4-16-5-8(2)6-17-7-9(11,12)10(13,14)15/h8,16H,3-7H2,1-2H3. The van der Waals surface area contributed by atoms with Crippen molar-refractivity contribution in [3.63, 3.8) is 0 Å². The molecular formula is C10H18F5NO. The van der Waals surface area contributed by atoms with Crippen LogP contribution in [-0.2, 0) is 4.74 Å². The molecule has 0 aromatic rings. The molecule has 2 nitrogen and oxygen atoms in total. The van der Waals surface area contributed by atoms with Gasteiger partial charge in [0.05, 0.1) is 6.61 Å². The van der Waals surface area contributed by atoms with Crippen LogP contribution in [-0.4, -0.2) is 38.4 Å². The highest BCUT2D eigenvalue weighted by atomic mass is 19.4. The zero-order valence-electron chi connectivity index (χ0n) is 9.91. The van der Waals surface area contributed by atoms with Gasteiger partial charge in [-0.1, -0.05) is 13.8 Å². The smallest absolute Gasteiger partial charge is 0.374 e. The van der Waals surface area contributed by atoms with Gasteiger partial charge < -0.3 is 10.1 Å². The molecule has 0 bridgehead atoms. The summed E-state index contributed by atoms with van der Waals surface area (Å²) in [6, 6.07) is 0. The van der Waals surface area contributed by atoms with Crippen LogP contribution in [0.3, 0.4) is 0 Å². The second-order valence-corrected chi connectivity index (χ2v) is 4.03. The number of hydrogen-bond acceptors (Lipinski definition) is 2. The first-order valence-corrected chi connectivity index (χ1v) is 5.43. The van der Waals surface area contributed by atoms with E-state index in [-0.39, 0.29) is 12.5 Å². The van der Waals surface area contributed by atoms with E-state index in [0.29, 0.717) is 6.54 Å². The number of hydrogen-bond donors (Lipinski definition) is 1. The third-order valence-electron chi connectivity index (χ3n) is 2.02. The Kier molecular flexibility index (Phi) is 6.92. The van der Waals surface area contributed by atoms with Crippen LogP contribution < -0.4 is 5.32 Å². The van der Waals surface area contributed by atoms with Crippen LogP contribution in [0.2, 0.25) is 0 Å². The minimum Gasteiger partial charge on any atom is -0.374 e. The Labute approximate surface area is 97.5 Å². The molecule has 0 amide bonds. The van der Waals surface area contributed by atoms with Crippen molar-refractivity contribution < 1.29 is 26.7 Å². The van der Waals surface area contributed by atoms with Crippen LogP contribution in [0.5, 0.6) is 0 Å². The van der Waals surface area contributed by atoms with Crippen LogP contribution in [0, 0.1) is 5.92 Å². The van der Waals surface area contributed by atoms with Crippen LogP contribution in [0.4, 0.5) is 22.0 Å². The molecule has 0 rings (SSSR count). The fraction of sp³-hybridized carbons (Fsp3) is 1.00. The lowest BCUT2D eigenvalue weighted by atomic mass is 10.2. The first-order valence-electron chi connectivity index (χ1n) is 5.43. The molecule has 0 fully saturated rings. The monoisotopic (exact) mass is 263 g/mol. The molecule has 0 aliphatic heterocycles. The van der Waals surface area contributed by atoms with E-state index in [4.69, 9.17) is 0 Å². The minimum atomic E-state index is -5.54. The Balaban J connectivity index is 3.76. The highest BCUT2D eigenvalue weighted by molar-refractivity contribution is 4.75. The summed E-state index contributed by atoms with van der Waals surface area (Å²) in [4.78, 5) is 0. The van der Waals surface area contributed by atoms with Crippen LogP contribution in [0.1, 0.15) is 20.3 Å². The van der Waals surface area contributed by atoms with E-state index in [0.717, 1.165) is 13.0 Å². The Morgan fingerprint density at radius 3 is 2.24 bits per heavy atom. The van der Waals surface area contributed by atoms with Gasteiger partial charge in [-0.15, -0.1) is 0 Å². The highest BCUT2D eigenvalue weighted by Gasteiger charge is 2.57. The second-order valence-electron chi connectivity index (χ2n) is 4.03. The van der Waals surface area contributed by atoms with E-state index >= 15 is 0 Å². The highest BCUT2D eigenvalue weighted by Crippen LogP contribution is 2.35. The van der Waals surface area contributed by atoms with E-state index in [1.807, 2.05) is 6.92 Å². The molecule has 7 heteroatoms.